The number of rotatable bonds is 4. The number of carbonyl (C=O) groups is 2. The topological polar surface area (TPSA) is 66.4 Å². The van der Waals surface area contributed by atoms with Gasteiger partial charge < -0.3 is 10.4 Å². The van der Waals surface area contributed by atoms with Gasteiger partial charge in [0.1, 0.15) is 0 Å². The second kappa shape index (κ2) is 5.74. The van der Waals surface area contributed by atoms with E-state index >= 15 is 0 Å². The molecule has 1 amide bonds. The third-order valence-corrected chi connectivity index (χ3v) is 4.87. The smallest absolute Gasteiger partial charge is 0.307 e. The van der Waals surface area contributed by atoms with Crippen molar-refractivity contribution in [2.75, 3.05) is 0 Å². The van der Waals surface area contributed by atoms with Crippen molar-refractivity contribution >= 4 is 23.2 Å². The Morgan fingerprint density at radius 1 is 1.42 bits per heavy atom. The minimum Gasteiger partial charge on any atom is -0.481 e. The predicted octanol–water partition coefficient (Wildman–Crippen LogP) is 2.42. The fraction of sp³-hybridized carbons (Fsp3) is 0.571. The summed E-state index contributed by atoms with van der Waals surface area (Å²) in [4.78, 5) is 24.4. The van der Waals surface area contributed by atoms with Gasteiger partial charge in [0.15, 0.2) is 0 Å². The minimum absolute atomic E-state index is 0.121. The molecule has 1 saturated carbocycles. The number of carboxylic acid groups (broad SMARTS) is 1. The summed E-state index contributed by atoms with van der Waals surface area (Å²) in [5, 5.41) is 14.0. The van der Waals surface area contributed by atoms with Gasteiger partial charge in [-0.25, -0.2) is 0 Å². The van der Waals surface area contributed by atoms with Gasteiger partial charge in [-0.2, -0.15) is 0 Å². The molecule has 0 bridgehead atoms. The highest BCUT2D eigenvalue weighted by Gasteiger charge is 2.41. The van der Waals surface area contributed by atoms with Crippen molar-refractivity contribution in [1.82, 2.24) is 5.32 Å². The summed E-state index contributed by atoms with van der Waals surface area (Å²) in [7, 11) is 0. The van der Waals surface area contributed by atoms with Gasteiger partial charge in [0, 0.05) is 4.88 Å². The molecule has 0 aliphatic heterocycles. The standard InChI is InChI=1S/C14H19NO3S/c1-8-5-10(11(6-8)14(17)18)13(16)15-7-12-9(2)3-4-19-12/h3-4,8,10-11H,5-7H2,1-2H3,(H,15,16)(H,17,18). The van der Waals surface area contributed by atoms with E-state index in [4.69, 9.17) is 5.11 Å². The maximum atomic E-state index is 12.1. The predicted molar refractivity (Wildman–Crippen MR) is 73.9 cm³/mol. The molecule has 0 aromatic carbocycles. The number of amides is 1. The van der Waals surface area contributed by atoms with Crippen LogP contribution in [0.2, 0.25) is 0 Å². The van der Waals surface area contributed by atoms with E-state index < -0.39 is 11.9 Å². The van der Waals surface area contributed by atoms with Crippen molar-refractivity contribution in [1.29, 1.82) is 0 Å². The van der Waals surface area contributed by atoms with Crippen molar-refractivity contribution in [2.24, 2.45) is 17.8 Å². The molecule has 2 rings (SSSR count). The monoisotopic (exact) mass is 281 g/mol. The molecule has 1 fully saturated rings. The van der Waals surface area contributed by atoms with E-state index in [1.54, 1.807) is 11.3 Å². The van der Waals surface area contributed by atoms with Crippen molar-refractivity contribution in [3.05, 3.63) is 21.9 Å². The van der Waals surface area contributed by atoms with Crippen LogP contribution in [0.3, 0.4) is 0 Å². The van der Waals surface area contributed by atoms with Crippen LogP contribution in [0.1, 0.15) is 30.2 Å². The minimum atomic E-state index is -0.850. The van der Waals surface area contributed by atoms with Gasteiger partial charge >= 0.3 is 5.97 Å². The first kappa shape index (κ1) is 14.1. The average molecular weight is 281 g/mol. The fourth-order valence-corrected chi connectivity index (χ4v) is 3.58. The number of thiophene rings is 1. The number of aliphatic carboxylic acids is 1. The third kappa shape index (κ3) is 3.15. The Balaban J connectivity index is 1.96. The van der Waals surface area contributed by atoms with E-state index in [0.29, 0.717) is 25.3 Å². The molecule has 4 nitrogen and oxygen atoms in total. The number of hydrogen-bond acceptors (Lipinski definition) is 3. The highest BCUT2D eigenvalue weighted by atomic mass is 32.1. The maximum absolute atomic E-state index is 12.1. The van der Waals surface area contributed by atoms with E-state index in [0.717, 1.165) is 4.88 Å². The molecule has 1 aliphatic carbocycles. The van der Waals surface area contributed by atoms with Gasteiger partial charge in [-0.1, -0.05) is 6.92 Å². The molecule has 104 valence electrons. The van der Waals surface area contributed by atoms with Crippen LogP contribution in [0, 0.1) is 24.7 Å². The lowest BCUT2D eigenvalue weighted by Crippen LogP contribution is -2.34. The summed E-state index contributed by atoms with van der Waals surface area (Å²) in [5.74, 6) is -1.58. The molecule has 0 spiro atoms. The van der Waals surface area contributed by atoms with E-state index in [1.165, 1.54) is 5.56 Å². The molecule has 2 N–H and O–H groups in total. The van der Waals surface area contributed by atoms with Gasteiger partial charge in [-0.15, -0.1) is 11.3 Å². The Bertz CT molecular complexity index is 483. The van der Waals surface area contributed by atoms with Crippen LogP contribution in [0.4, 0.5) is 0 Å². The summed E-state index contributed by atoms with van der Waals surface area (Å²) < 4.78 is 0. The molecule has 0 saturated heterocycles. The number of carboxylic acids is 1. The number of hydrogen-bond donors (Lipinski definition) is 2. The fourth-order valence-electron chi connectivity index (χ4n) is 2.74. The lowest BCUT2D eigenvalue weighted by Gasteiger charge is -2.15. The van der Waals surface area contributed by atoms with Crippen LogP contribution < -0.4 is 5.32 Å². The quantitative estimate of drug-likeness (QED) is 0.890. The molecule has 0 radical (unpaired) electrons. The first-order valence-corrected chi connectivity index (χ1v) is 7.40. The molecule has 19 heavy (non-hydrogen) atoms. The van der Waals surface area contributed by atoms with Crippen molar-refractivity contribution in [3.63, 3.8) is 0 Å². The Kier molecular flexibility index (Phi) is 4.24. The second-order valence-corrected chi connectivity index (χ2v) is 6.37. The van der Waals surface area contributed by atoms with Crippen LogP contribution >= 0.6 is 11.3 Å². The average Bonchev–Trinajstić information content (AvgIpc) is 2.92. The van der Waals surface area contributed by atoms with Crippen molar-refractivity contribution < 1.29 is 14.7 Å². The Morgan fingerprint density at radius 2 is 2.11 bits per heavy atom. The highest BCUT2D eigenvalue weighted by molar-refractivity contribution is 7.10. The summed E-state index contributed by atoms with van der Waals surface area (Å²) in [6.45, 7) is 4.52. The van der Waals surface area contributed by atoms with Gasteiger partial charge in [0.25, 0.3) is 0 Å². The van der Waals surface area contributed by atoms with Crippen LogP contribution in [-0.2, 0) is 16.1 Å². The van der Waals surface area contributed by atoms with E-state index in [-0.39, 0.29) is 11.8 Å². The number of nitrogens with one attached hydrogen (secondary N) is 1. The zero-order valence-electron chi connectivity index (χ0n) is 11.2. The molecule has 1 heterocycles. The first-order valence-electron chi connectivity index (χ1n) is 6.52. The molecule has 1 aromatic rings. The van der Waals surface area contributed by atoms with E-state index in [2.05, 4.69) is 5.32 Å². The lowest BCUT2D eigenvalue weighted by atomic mass is 9.95. The highest BCUT2D eigenvalue weighted by Crippen LogP contribution is 2.36. The largest absolute Gasteiger partial charge is 0.481 e. The Morgan fingerprint density at radius 3 is 2.68 bits per heavy atom. The van der Waals surface area contributed by atoms with Crippen LogP contribution in [-0.4, -0.2) is 17.0 Å². The lowest BCUT2D eigenvalue weighted by molar-refractivity contribution is -0.146. The molecule has 3 unspecified atom stereocenters. The van der Waals surface area contributed by atoms with Gasteiger partial charge in [-0.3, -0.25) is 9.59 Å². The maximum Gasteiger partial charge on any atom is 0.307 e. The normalized spacial score (nSPS) is 26.3. The zero-order valence-corrected chi connectivity index (χ0v) is 12.0. The summed E-state index contributed by atoms with van der Waals surface area (Å²) in [5.41, 5.74) is 1.17. The molecule has 3 atom stereocenters. The SMILES string of the molecule is Cc1ccsc1CNC(=O)C1CC(C)CC1C(=O)O. The number of carbonyl (C=O) groups excluding carboxylic acids is 1. The van der Waals surface area contributed by atoms with Gasteiger partial charge in [0.05, 0.1) is 18.4 Å². The zero-order chi connectivity index (χ0) is 14.0. The Labute approximate surface area is 116 Å². The van der Waals surface area contributed by atoms with Crippen LogP contribution in [0.5, 0.6) is 0 Å². The van der Waals surface area contributed by atoms with Crippen molar-refractivity contribution in [2.45, 2.75) is 33.2 Å². The van der Waals surface area contributed by atoms with Crippen LogP contribution in [0.15, 0.2) is 11.4 Å². The van der Waals surface area contributed by atoms with E-state index in [1.807, 2.05) is 25.3 Å². The first-order chi connectivity index (χ1) is 8.99. The summed E-state index contributed by atoms with van der Waals surface area (Å²) in [6, 6.07) is 2.02. The molecular formula is C14H19NO3S. The van der Waals surface area contributed by atoms with Gasteiger partial charge in [0.2, 0.25) is 5.91 Å². The summed E-state index contributed by atoms with van der Waals surface area (Å²) >= 11 is 1.61. The van der Waals surface area contributed by atoms with Crippen molar-refractivity contribution in [3.8, 4) is 0 Å². The molecule has 1 aliphatic rings. The van der Waals surface area contributed by atoms with Gasteiger partial charge in [-0.05, 0) is 42.7 Å². The molecule has 1 aromatic heterocycles. The number of aryl methyl sites for hydroxylation is 1. The van der Waals surface area contributed by atoms with E-state index in [9.17, 15) is 9.59 Å². The second-order valence-electron chi connectivity index (χ2n) is 5.37. The Hall–Kier alpha value is -1.36. The third-order valence-electron chi connectivity index (χ3n) is 3.84. The molecule has 5 heteroatoms. The summed E-state index contributed by atoms with van der Waals surface area (Å²) in [6.07, 6.45) is 1.28. The van der Waals surface area contributed by atoms with Crippen LogP contribution in [0.25, 0.3) is 0 Å². The molecular weight excluding hydrogens is 262 g/mol.